The molecule has 0 aliphatic rings. The molecule has 0 aliphatic heterocycles. The summed E-state index contributed by atoms with van der Waals surface area (Å²) in [6, 6.07) is 1.30. The average Bonchev–Trinajstić information content (AvgIpc) is 2.70. The fourth-order valence-corrected chi connectivity index (χ4v) is 2.06. The van der Waals surface area contributed by atoms with Gasteiger partial charge in [0.05, 0.1) is 11.3 Å². The lowest BCUT2D eigenvalue weighted by Crippen LogP contribution is -2.25. The Morgan fingerprint density at radius 1 is 1.48 bits per heavy atom. The summed E-state index contributed by atoms with van der Waals surface area (Å²) in [6.07, 6.45) is 1.31. The fourth-order valence-electron chi connectivity index (χ4n) is 2.06. The SMILES string of the molecule is Cc1nn(C)c(C)c1CNC(=O)c1ccnc(NN)c1F. The van der Waals surface area contributed by atoms with Crippen LogP contribution in [0, 0.1) is 19.7 Å². The highest BCUT2D eigenvalue weighted by Crippen LogP contribution is 2.15. The van der Waals surface area contributed by atoms with Crippen LogP contribution in [0.1, 0.15) is 27.3 Å². The maximum absolute atomic E-state index is 13.9. The van der Waals surface area contributed by atoms with Gasteiger partial charge in [0.15, 0.2) is 11.6 Å². The first-order chi connectivity index (χ1) is 9.95. The van der Waals surface area contributed by atoms with Crippen molar-refractivity contribution in [1.29, 1.82) is 0 Å². The van der Waals surface area contributed by atoms with Gasteiger partial charge in [-0.2, -0.15) is 5.10 Å². The van der Waals surface area contributed by atoms with E-state index in [0.717, 1.165) is 17.0 Å². The molecule has 0 bridgehead atoms. The van der Waals surface area contributed by atoms with Gasteiger partial charge in [-0.15, -0.1) is 0 Å². The molecule has 0 spiro atoms. The van der Waals surface area contributed by atoms with Crippen LogP contribution in [0.2, 0.25) is 0 Å². The molecular weight excluding hydrogens is 275 g/mol. The van der Waals surface area contributed by atoms with Crippen molar-refractivity contribution in [3.63, 3.8) is 0 Å². The van der Waals surface area contributed by atoms with Gasteiger partial charge in [-0.05, 0) is 19.9 Å². The third-order valence-electron chi connectivity index (χ3n) is 3.36. The Morgan fingerprint density at radius 3 is 2.76 bits per heavy atom. The zero-order chi connectivity index (χ0) is 15.6. The zero-order valence-corrected chi connectivity index (χ0v) is 12.1. The lowest BCUT2D eigenvalue weighted by Gasteiger charge is -2.08. The van der Waals surface area contributed by atoms with Gasteiger partial charge in [-0.25, -0.2) is 15.2 Å². The standard InChI is InChI=1S/C13H17FN6O/c1-7-10(8(2)20(3)19-7)6-17-13(21)9-4-5-16-12(18-15)11(9)14/h4-5H,6,15H2,1-3H3,(H,16,18)(H,17,21). The van der Waals surface area contributed by atoms with E-state index in [4.69, 9.17) is 5.84 Å². The molecule has 0 aliphatic carbocycles. The van der Waals surface area contributed by atoms with E-state index in [1.165, 1.54) is 12.3 Å². The minimum atomic E-state index is -0.780. The van der Waals surface area contributed by atoms with E-state index >= 15 is 0 Å². The summed E-state index contributed by atoms with van der Waals surface area (Å²) in [5, 5.41) is 6.93. The number of carbonyl (C=O) groups is 1. The van der Waals surface area contributed by atoms with E-state index < -0.39 is 11.7 Å². The Labute approximate surface area is 121 Å². The van der Waals surface area contributed by atoms with Crippen molar-refractivity contribution in [3.8, 4) is 0 Å². The number of nitrogens with one attached hydrogen (secondary N) is 2. The molecular formula is C13H17FN6O. The summed E-state index contributed by atoms with van der Waals surface area (Å²) >= 11 is 0. The predicted molar refractivity (Wildman–Crippen MR) is 75.9 cm³/mol. The second-order valence-corrected chi connectivity index (χ2v) is 4.62. The Hall–Kier alpha value is -2.48. The number of halogens is 1. The first kappa shape index (κ1) is 14.9. The molecule has 4 N–H and O–H groups in total. The lowest BCUT2D eigenvalue weighted by atomic mass is 10.2. The smallest absolute Gasteiger partial charge is 0.254 e. The second-order valence-electron chi connectivity index (χ2n) is 4.62. The van der Waals surface area contributed by atoms with Gasteiger partial charge in [0.1, 0.15) is 0 Å². The average molecular weight is 292 g/mol. The molecule has 0 fully saturated rings. The van der Waals surface area contributed by atoms with Gasteiger partial charge in [0, 0.05) is 31.0 Å². The zero-order valence-electron chi connectivity index (χ0n) is 12.1. The van der Waals surface area contributed by atoms with Crippen molar-refractivity contribution in [2.45, 2.75) is 20.4 Å². The van der Waals surface area contributed by atoms with Gasteiger partial charge < -0.3 is 10.7 Å². The molecule has 0 atom stereocenters. The number of hydrogen-bond acceptors (Lipinski definition) is 5. The maximum Gasteiger partial charge on any atom is 0.254 e. The molecule has 0 saturated carbocycles. The van der Waals surface area contributed by atoms with Gasteiger partial charge >= 0.3 is 0 Å². The Bertz CT molecular complexity index is 682. The topological polar surface area (TPSA) is 97.9 Å². The molecule has 2 aromatic heterocycles. The van der Waals surface area contributed by atoms with Crippen LogP contribution in [0.15, 0.2) is 12.3 Å². The number of hydrogen-bond donors (Lipinski definition) is 3. The fraction of sp³-hybridized carbons (Fsp3) is 0.308. The highest BCUT2D eigenvalue weighted by Gasteiger charge is 2.17. The summed E-state index contributed by atoms with van der Waals surface area (Å²) in [5.41, 5.74) is 4.69. The summed E-state index contributed by atoms with van der Waals surface area (Å²) < 4.78 is 15.7. The Balaban J connectivity index is 2.16. The number of nitrogens with zero attached hydrogens (tertiary/aromatic N) is 3. The van der Waals surface area contributed by atoms with Crippen molar-refractivity contribution < 1.29 is 9.18 Å². The largest absolute Gasteiger partial charge is 0.348 e. The van der Waals surface area contributed by atoms with Gasteiger partial charge in [0.25, 0.3) is 5.91 Å². The van der Waals surface area contributed by atoms with Crippen LogP contribution in [-0.2, 0) is 13.6 Å². The third-order valence-corrected chi connectivity index (χ3v) is 3.36. The van der Waals surface area contributed by atoms with Crippen LogP contribution in [0.5, 0.6) is 0 Å². The third kappa shape index (κ3) is 2.84. The number of carbonyl (C=O) groups excluding carboxylic acids is 1. The van der Waals surface area contributed by atoms with E-state index in [1.54, 1.807) is 4.68 Å². The number of aryl methyl sites for hydroxylation is 2. The molecule has 2 rings (SSSR count). The molecule has 21 heavy (non-hydrogen) atoms. The van der Waals surface area contributed by atoms with Crippen LogP contribution < -0.4 is 16.6 Å². The van der Waals surface area contributed by atoms with Gasteiger partial charge in [0.2, 0.25) is 0 Å². The highest BCUT2D eigenvalue weighted by molar-refractivity contribution is 5.95. The van der Waals surface area contributed by atoms with E-state index in [9.17, 15) is 9.18 Å². The number of pyridine rings is 1. The number of nitrogen functional groups attached to an aromatic ring is 1. The van der Waals surface area contributed by atoms with Crippen LogP contribution in [0.25, 0.3) is 0 Å². The van der Waals surface area contributed by atoms with Gasteiger partial charge in [-0.1, -0.05) is 0 Å². The van der Waals surface area contributed by atoms with Crippen LogP contribution in [-0.4, -0.2) is 20.7 Å². The Morgan fingerprint density at radius 2 is 2.19 bits per heavy atom. The second kappa shape index (κ2) is 5.88. The molecule has 0 radical (unpaired) electrons. The summed E-state index contributed by atoms with van der Waals surface area (Å²) in [7, 11) is 1.83. The van der Waals surface area contributed by atoms with E-state index in [0.29, 0.717) is 0 Å². The lowest BCUT2D eigenvalue weighted by molar-refractivity contribution is 0.0946. The molecule has 1 amide bonds. The van der Waals surface area contributed by atoms with Crippen molar-refractivity contribution in [1.82, 2.24) is 20.1 Å². The summed E-state index contributed by atoms with van der Waals surface area (Å²) in [5.74, 6) is 3.65. The minimum absolute atomic E-state index is 0.114. The van der Waals surface area contributed by atoms with Crippen LogP contribution in [0.3, 0.4) is 0 Å². The number of aromatic nitrogens is 3. The van der Waals surface area contributed by atoms with Crippen molar-refractivity contribution >= 4 is 11.7 Å². The minimum Gasteiger partial charge on any atom is -0.348 e. The number of nitrogens with two attached hydrogens (primary N) is 1. The molecule has 8 heteroatoms. The Kier molecular flexibility index (Phi) is 4.18. The van der Waals surface area contributed by atoms with Crippen molar-refractivity contribution in [2.24, 2.45) is 12.9 Å². The molecule has 2 heterocycles. The summed E-state index contributed by atoms with van der Waals surface area (Å²) in [4.78, 5) is 15.7. The number of hydrazine groups is 1. The predicted octanol–water partition coefficient (Wildman–Crippen LogP) is 0.787. The van der Waals surface area contributed by atoms with Crippen LogP contribution in [0.4, 0.5) is 10.2 Å². The van der Waals surface area contributed by atoms with Crippen molar-refractivity contribution in [2.75, 3.05) is 5.43 Å². The normalized spacial score (nSPS) is 10.5. The number of amides is 1. The monoisotopic (exact) mass is 292 g/mol. The molecule has 7 nitrogen and oxygen atoms in total. The molecule has 0 aromatic carbocycles. The van der Waals surface area contributed by atoms with E-state index in [2.05, 4.69) is 20.8 Å². The molecule has 2 aromatic rings. The quantitative estimate of drug-likeness (QED) is 0.571. The van der Waals surface area contributed by atoms with Crippen molar-refractivity contribution in [3.05, 3.63) is 40.6 Å². The van der Waals surface area contributed by atoms with E-state index in [1.807, 2.05) is 20.9 Å². The first-order valence-corrected chi connectivity index (χ1v) is 6.34. The number of rotatable bonds is 4. The van der Waals surface area contributed by atoms with Crippen LogP contribution >= 0.6 is 0 Å². The molecule has 0 saturated heterocycles. The molecule has 0 unspecified atom stereocenters. The maximum atomic E-state index is 13.9. The number of anilines is 1. The molecule has 112 valence electrons. The van der Waals surface area contributed by atoms with Gasteiger partial charge in [-0.3, -0.25) is 9.48 Å². The highest BCUT2D eigenvalue weighted by atomic mass is 19.1. The first-order valence-electron chi connectivity index (χ1n) is 6.34. The van der Waals surface area contributed by atoms with E-state index in [-0.39, 0.29) is 17.9 Å². The summed E-state index contributed by atoms with van der Waals surface area (Å²) in [6.45, 7) is 4.04.